The predicted octanol–water partition coefficient (Wildman–Crippen LogP) is 5.00. The van der Waals surface area contributed by atoms with Crippen LogP contribution in [0.2, 0.25) is 0 Å². The van der Waals surface area contributed by atoms with Crippen molar-refractivity contribution < 1.29 is 19.1 Å². The van der Waals surface area contributed by atoms with Gasteiger partial charge in [0.25, 0.3) is 11.8 Å². The third-order valence-electron chi connectivity index (χ3n) is 4.90. The van der Waals surface area contributed by atoms with Gasteiger partial charge in [0.1, 0.15) is 17.9 Å². The lowest BCUT2D eigenvalue weighted by molar-refractivity contribution is -0.122. The molecule has 0 spiro atoms. The fourth-order valence-corrected chi connectivity index (χ4v) is 3.62. The first-order valence-electron chi connectivity index (χ1n) is 9.87. The van der Waals surface area contributed by atoms with Crippen molar-refractivity contribution in [2.24, 2.45) is 0 Å². The molecule has 1 aliphatic rings. The van der Waals surface area contributed by atoms with Crippen molar-refractivity contribution in [3.63, 3.8) is 0 Å². The molecule has 0 saturated carbocycles. The Morgan fingerprint density at radius 1 is 0.969 bits per heavy atom. The van der Waals surface area contributed by atoms with Crippen LogP contribution in [-0.4, -0.2) is 17.8 Å². The molecule has 0 atom stereocenters. The molecule has 1 aliphatic heterocycles. The summed E-state index contributed by atoms with van der Waals surface area (Å²) in [4.78, 5) is 39.0. The van der Waals surface area contributed by atoms with Gasteiger partial charge in [-0.1, -0.05) is 64.0 Å². The molecule has 0 radical (unpaired) electrons. The summed E-state index contributed by atoms with van der Waals surface area (Å²) in [6.45, 7) is 2.23. The molecule has 3 aromatic rings. The molecule has 1 saturated heterocycles. The highest BCUT2D eigenvalue weighted by atomic mass is 79.9. The van der Waals surface area contributed by atoms with E-state index in [1.54, 1.807) is 36.4 Å². The second-order valence-electron chi connectivity index (χ2n) is 7.25. The fourth-order valence-electron chi connectivity index (χ4n) is 3.24. The number of nitrogens with zero attached hydrogens (tertiary/aromatic N) is 1. The van der Waals surface area contributed by atoms with Gasteiger partial charge in [0, 0.05) is 10.0 Å². The normalized spacial score (nSPS) is 15.1. The number of imide groups is 2. The largest absolute Gasteiger partial charge is 0.488 e. The van der Waals surface area contributed by atoms with Gasteiger partial charge < -0.3 is 4.74 Å². The van der Waals surface area contributed by atoms with E-state index >= 15 is 0 Å². The molecule has 0 bridgehead atoms. The molecule has 3 aromatic carbocycles. The first-order valence-corrected chi connectivity index (χ1v) is 10.7. The highest BCUT2D eigenvalue weighted by Crippen LogP contribution is 2.28. The topological polar surface area (TPSA) is 75.7 Å². The van der Waals surface area contributed by atoms with Crippen LogP contribution in [0.15, 0.2) is 82.8 Å². The zero-order valence-corrected chi connectivity index (χ0v) is 18.8. The maximum Gasteiger partial charge on any atom is 0.335 e. The Bertz CT molecular complexity index is 1220. The van der Waals surface area contributed by atoms with Crippen LogP contribution in [0, 0.1) is 6.92 Å². The van der Waals surface area contributed by atoms with Gasteiger partial charge >= 0.3 is 6.03 Å². The Hall–Kier alpha value is -3.71. The van der Waals surface area contributed by atoms with Gasteiger partial charge in [0.15, 0.2) is 0 Å². The number of rotatable bonds is 5. The van der Waals surface area contributed by atoms with Crippen molar-refractivity contribution in [3.8, 4) is 5.75 Å². The minimum absolute atomic E-state index is 0.159. The average Bonchev–Trinajstić information content (AvgIpc) is 2.78. The van der Waals surface area contributed by atoms with E-state index in [-0.39, 0.29) is 5.57 Å². The quantitative estimate of drug-likeness (QED) is 0.403. The first kappa shape index (κ1) is 21.5. The molecule has 0 aliphatic carbocycles. The number of carbonyl (C=O) groups excluding carboxylic acids is 3. The SMILES string of the molecule is Cc1ccc(N2C(=O)NC(=O)/C(=C\c3cc(Br)ccc3OCc3ccccc3)C2=O)cc1. The van der Waals surface area contributed by atoms with Crippen LogP contribution in [0.3, 0.4) is 0 Å². The molecule has 160 valence electrons. The van der Waals surface area contributed by atoms with Gasteiger partial charge in [-0.05, 0) is 48.9 Å². The summed E-state index contributed by atoms with van der Waals surface area (Å²) in [7, 11) is 0. The van der Waals surface area contributed by atoms with Crippen molar-refractivity contribution in [1.82, 2.24) is 5.32 Å². The van der Waals surface area contributed by atoms with Crippen molar-refractivity contribution in [1.29, 1.82) is 0 Å². The highest BCUT2D eigenvalue weighted by Gasteiger charge is 2.36. The predicted molar refractivity (Wildman–Crippen MR) is 125 cm³/mol. The Morgan fingerprint density at radius 2 is 1.69 bits per heavy atom. The molecule has 1 N–H and O–H groups in total. The molecule has 0 aromatic heterocycles. The number of amides is 4. The highest BCUT2D eigenvalue weighted by molar-refractivity contribution is 9.10. The summed E-state index contributed by atoms with van der Waals surface area (Å²) in [5.41, 5.74) is 2.72. The van der Waals surface area contributed by atoms with Gasteiger partial charge in [0.05, 0.1) is 5.69 Å². The second-order valence-corrected chi connectivity index (χ2v) is 8.17. The summed E-state index contributed by atoms with van der Waals surface area (Å²) in [5, 5.41) is 2.24. The number of ether oxygens (including phenoxy) is 1. The number of benzene rings is 3. The van der Waals surface area contributed by atoms with Gasteiger partial charge in [-0.2, -0.15) is 0 Å². The van der Waals surface area contributed by atoms with Gasteiger partial charge in [-0.15, -0.1) is 0 Å². The summed E-state index contributed by atoms with van der Waals surface area (Å²) >= 11 is 3.42. The number of aryl methyl sites for hydroxylation is 1. The Morgan fingerprint density at radius 3 is 2.41 bits per heavy atom. The molecule has 7 heteroatoms. The summed E-state index contributed by atoms with van der Waals surface area (Å²) in [6.07, 6.45) is 1.44. The standard InChI is InChI=1S/C25H19BrN2O4/c1-16-7-10-20(11-8-16)28-24(30)21(23(29)27-25(28)31)14-18-13-19(26)9-12-22(18)32-15-17-5-3-2-4-6-17/h2-14H,15H2,1H3,(H,27,29,31)/b21-14+. The van der Waals surface area contributed by atoms with Crippen LogP contribution >= 0.6 is 15.9 Å². The maximum absolute atomic E-state index is 13.1. The maximum atomic E-state index is 13.1. The number of nitrogens with one attached hydrogen (secondary N) is 1. The van der Waals surface area contributed by atoms with Crippen LogP contribution in [0.5, 0.6) is 5.75 Å². The number of hydrogen-bond donors (Lipinski definition) is 1. The van der Waals surface area contributed by atoms with Crippen LogP contribution < -0.4 is 15.0 Å². The minimum Gasteiger partial charge on any atom is -0.488 e. The van der Waals surface area contributed by atoms with Crippen LogP contribution in [0.4, 0.5) is 10.5 Å². The van der Waals surface area contributed by atoms with Crippen LogP contribution in [0.25, 0.3) is 6.08 Å². The van der Waals surface area contributed by atoms with Crippen LogP contribution in [-0.2, 0) is 16.2 Å². The lowest BCUT2D eigenvalue weighted by Crippen LogP contribution is -2.54. The van der Waals surface area contributed by atoms with Crippen molar-refractivity contribution in [2.75, 3.05) is 4.90 Å². The van der Waals surface area contributed by atoms with Crippen molar-refractivity contribution >= 4 is 45.5 Å². The third-order valence-corrected chi connectivity index (χ3v) is 5.40. The van der Waals surface area contributed by atoms with E-state index in [1.807, 2.05) is 43.3 Å². The van der Waals surface area contributed by atoms with Gasteiger partial charge in [-0.25, -0.2) is 9.69 Å². The number of barbiturate groups is 1. The van der Waals surface area contributed by atoms with E-state index in [1.165, 1.54) is 6.08 Å². The lowest BCUT2D eigenvalue weighted by Gasteiger charge is -2.26. The van der Waals surface area contributed by atoms with E-state index < -0.39 is 17.8 Å². The van der Waals surface area contributed by atoms with E-state index in [0.29, 0.717) is 23.6 Å². The smallest absolute Gasteiger partial charge is 0.335 e. The zero-order chi connectivity index (χ0) is 22.7. The first-order chi connectivity index (χ1) is 15.4. The Kier molecular flexibility index (Phi) is 6.18. The molecule has 6 nitrogen and oxygen atoms in total. The van der Waals surface area contributed by atoms with E-state index in [4.69, 9.17) is 4.74 Å². The second kappa shape index (κ2) is 9.20. The molecule has 32 heavy (non-hydrogen) atoms. The number of carbonyl (C=O) groups is 3. The average molecular weight is 491 g/mol. The minimum atomic E-state index is -0.782. The van der Waals surface area contributed by atoms with E-state index in [9.17, 15) is 14.4 Å². The summed E-state index contributed by atoms with van der Waals surface area (Å²) < 4.78 is 6.70. The number of hydrogen-bond acceptors (Lipinski definition) is 4. The number of halogens is 1. The molecular weight excluding hydrogens is 472 g/mol. The molecular formula is C25H19BrN2O4. The number of urea groups is 1. The fraction of sp³-hybridized carbons (Fsp3) is 0.0800. The molecule has 4 amide bonds. The van der Waals surface area contributed by atoms with E-state index in [0.717, 1.165) is 20.5 Å². The Balaban J connectivity index is 1.67. The Labute approximate surface area is 193 Å². The molecule has 4 rings (SSSR count). The summed E-state index contributed by atoms with van der Waals surface area (Å²) in [5.74, 6) is -0.946. The zero-order valence-electron chi connectivity index (χ0n) is 17.2. The molecule has 1 heterocycles. The van der Waals surface area contributed by atoms with Crippen LogP contribution in [0.1, 0.15) is 16.7 Å². The summed E-state index contributed by atoms with van der Waals surface area (Å²) in [6, 6.07) is 21.1. The van der Waals surface area contributed by atoms with Gasteiger partial charge in [0.2, 0.25) is 0 Å². The monoisotopic (exact) mass is 490 g/mol. The van der Waals surface area contributed by atoms with Crippen molar-refractivity contribution in [3.05, 3.63) is 99.5 Å². The molecule has 0 unspecified atom stereocenters. The van der Waals surface area contributed by atoms with E-state index in [2.05, 4.69) is 21.2 Å². The third kappa shape index (κ3) is 4.63. The lowest BCUT2D eigenvalue weighted by atomic mass is 10.1. The van der Waals surface area contributed by atoms with Crippen molar-refractivity contribution in [2.45, 2.75) is 13.5 Å². The van der Waals surface area contributed by atoms with Gasteiger partial charge in [-0.3, -0.25) is 14.9 Å². The number of anilines is 1. The molecule has 1 fully saturated rings.